The third kappa shape index (κ3) is 5.81. The maximum atomic E-state index is 12.3. The van der Waals surface area contributed by atoms with Crippen LogP contribution in [0.5, 0.6) is 5.75 Å². The molecule has 134 valence electrons. The molecule has 1 saturated heterocycles. The maximum Gasteiger partial charge on any atom is 0.251 e. The molecule has 25 heavy (non-hydrogen) atoms. The highest BCUT2D eigenvalue weighted by molar-refractivity contribution is 7.07. The van der Waals surface area contributed by atoms with E-state index in [1.807, 2.05) is 17.5 Å². The molecule has 2 heterocycles. The van der Waals surface area contributed by atoms with E-state index in [0.29, 0.717) is 24.5 Å². The molecule has 1 aliphatic rings. The number of hydrogen-bond donors (Lipinski definition) is 1. The lowest BCUT2D eigenvalue weighted by Gasteiger charge is -2.26. The number of amides is 1. The number of rotatable bonds is 8. The van der Waals surface area contributed by atoms with Gasteiger partial charge in [-0.1, -0.05) is 6.07 Å². The van der Waals surface area contributed by atoms with Crippen LogP contribution in [0.4, 0.5) is 0 Å². The normalized spacial score (nSPS) is 15.0. The molecule has 2 aromatic rings. The molecule has 0 radical (unpaired) electrons. The van der Waals surface area contributed by atoms with E-state index in [-0.39, 0.29) is 5.91 Å². The first kappa shape index (κ1) is 17.8. The summed E-state index contributed by atoms with van der Waals surface area (Å²) in [5, 5.41) is 4.92. The molecule has 0 aliphatic carbocycles. The lowest BCUT2D eigenvalue weighted by Crippen LogP contribution is -2.38. The van der Waals surface area contributed by atoms with Gasteiger partial charge in [0.1, 0.15) is 12.4 Å². The minimum absolute atomic E-state index is 0.0684. The Hall–Kier alpha value is -1.96. The minimum Gasteiger partial charge on any atom is -0.487 e. The Kier molecular flexibility index (Phi) is 6.79. The summed E-state index contributed by atoms with van der Waals surface area (Å²) >= 11 is 1.54. The second-order valence-corrected chi connectivity index (χ2v) is 6.58. The number of ether oxygens (including phenoxy) is 2. The Bertz CT molecular complexity index is 657. The van der Waals surface area contributed by atoms with Gasteiger partial charge in [-0.25, -0.2) is 4.98 Å². The zero-order valence-corrected chi connectivity index (χ0v) is 15.0. The second-order valence-electron chi connectivity index (χ2n) is 5.86. The van der Waals surface area contributed by atoms with Gasteiger partial charge < -0.3 is 14.8 Å². The van der Waals surface area contributed by atoms with Crippen molar-refractivity contribution in [3.63, 3.8) is 0 Å². The molecule has 7 heteroatoms. The average Bonchev–Trinajstić information content (AvgIpc) is 3.18. The first-order chi connectivity index (χ1) is 12.3. The molecule has 1 aromatic carbocycles. The van der Waals surface area contributed by atoms with Crippen LogP contribution in [0.1, 0.15) is 22.5 Å². The third-order valence-electron chi connectivity index (χ3n) is 4.01. The van der Waals surface area contributed by atoms with Gasteiger partial charge in [0.2, 0.25) is 0 Å². The molecule has 3 rings (SSSR count). The van der Waals surface area contributed by atoms with Crippen molar-refractivity contribution in [1.29, 1.82) is 0 Å². The van der Waals surface area contributed by atoms with Gasteiger partial charge in [-0.05, 0) is 31.2 Å². The molecule has 0 bridgehead atoms. The number of benzene rings is 1. The minimum atomic E-state index is -0.0684. The fourth-order valence-electron chi connectivity index (χ4n) is 2.62. The topological polar surface area (TPSA) is 63.7 Å². The summed E-state index contributed by atoms with van der Waals surface area (Å²) in [6.45, 7) is 5.63. The molecule has 6 nitrogen and oxygen atoms in total. The number of aromatic nitrogens is 1. The van der Waals surface area contributed by atoms with Crippen molar-refractivity contribution in [3.05, 3.63) is 46.4 Å². The number of thiazole rings is 1. The summed E-state index contributed by atoms with van der Waals surface area (Å²) in [7, 11) is 0. The summed E-state index contributed by atoms with van der Waals surface area (Å²) in [4.78, 5) is 18.8. The van der Waals surface area contributed by atoms with Gasteiger partial charge >= 0.3 is 0 Å². The number of nitrogens with one attached hydrogen (secondary N) is 1. The van der Waals surface area contributed by atoms with E-state index in [1.165, 1.54) is 11.3 Å². The lowest BCUT2D eigenvalue weighted by molar-refractivity contribution is 0.0374. The predicted octanol–water partition coefficient (Wildman–Crippen LogP) is 2.17. The summed E-state index contributed by atoms with van der Waals surface area (Å²) in [6, 6.07) is 7.25. The molecular formula is C18H23N3O3S. The van der Waals surface area contributed by atoms with E-state index in [2.05, 4.69) is 15.2 Å². The second kappa shape index (κ2) is 9.50. The van der Waals surface area contributed by atoms with Gasteiger partial charge in [-0.15, -0.1) is 11.3 Å². The SMILES string of the molecule is O=C(NCCCN1CCOCC1)c1cccc(OCc2cscn2)c1. The van der Waals surface area contributed by atoms with Crippen LogP contribution in [0.15, 0.2) is 35.2 Å². The van der Waals surface area contributed by atoms with E-state index >= 15 is 0 Å². The van der Waals surface area contributed by atoms with E-state index in [1.54, 1.807) is 17.6 Å². The summed E-state index contributed by atoms with van der Waals surface area (Å²) < 4.78 is 11.0. The quantitative estimate of drug-likeness (QED) is 0.730. The van der Waals surface area contributed by atoms with Crippen LogP contribution in [0.3, 0.4) is 0 Å². The van der Waals surface area contributed by atoms with Crippen LogP contribution >= 0.6 is 11.3 Å². The molecule has 1 fully saturated rings. The highest BCUT2D eigenvalue weighted by Crippen LogP contribution is 2.15. The van der Waals surface area contributed by atoms with Gasteiger partial charge in [0.15, 0.2) is 0 Å². The van der Waals surface area contributed by atoms with Crippen molar-refractivity contribution in [2.75, 3.05) is 39.4 Å². The summed E-state index contributed by atoms with van der Waals surface area (Å²) in [6.07, 6.45) is 0.936. The van der Waals surface area contributed by atoms with Crippen LogP contribution in [0.25, 0.3) is 0 Å². The van der Waals surface area contributed by atoms with Crippen molar-refractivity contribution in [2.24, 2.45) is 0 Å². The Morgan fingerprint density at radius 3 is 3.04 bits per heavy atom. The highest BCUT2D eigenvalue weighted by atomic mass is 32.1. The Labute approximate surface area is 151 Å². The molecule has 1 amide bonds. The first-order valence-corrected chi connectivity index (χ1v) is 9.44. The van der Waals surface area contributed by atoms with E-state index in [0.717, 1.165) is 45.0 Å². The number of hydrogen-bond acceptors (Lipinski definition) is 6. The monoisotopic (exact) mass is 361 g/mol. The fraction of sp³-hybridized carbons (Fsp3) is 0.444. The smallest absolute Gasteiger partial charge is 0.251 e. The largest absolute Gasteiger partial charge is 0.487 e. The maximum absolute atomic E-state index is 12.3. The van der Waals surface area contributed by atoms with Crippen LogP contribution in [0, 0.1) is 0 Å². The molecule has 0 spiro atoms. The first-order valence-electron chi connectivity index (χ1n) is 8.49. The van der Waals surface area contributed by atoms with Crippen molar-refractivity contribution < 1.29 is 14.3 Å². The molecule has 1 aliphatic heterocycles. The van der Waals surface area contributed by atoms with Crippen LogP contribution < -0.4 is 10.1 Å². The third-order valence-corrected chi connectivity index (χ3v) is 4.64. The number of carbonyl (C=O) groups excluding carboxylic acids is 1. The van der Waals surface area contributed by atoms with Gasteiger partial charge in [0, 0.05) is 30.6 Å². The van der Waals surface area contributed by atoms with E-state index < -0.39 is 0 Å². The molecule has 0 atom stereocenters. The van der Waals surface area contributed by atoms with Gasteiger partial charge in [-0.3, -0.25) is 9.69 Å². The standard InChI is InChI=1S/C18H23N3O3S/c22-18(19-5-2-6-21-7-9-23-10-8-21)15-3-1-4-17(11-15)24-12-16-13-25-14-20-16/h1,3-4,11,13-14H,2,5-10,12H2,(H,19,22). The average molecular weight is 361 g/mol. The van der Waals surface area contributed by atoms with Crippen molar-refractivity contribution >= 4 is 17.2 Å². The molecule has 0 saturated carbocycles. The molecule has 0 unspecified atom stereocenters. The molecule has 1 aromatic heterocycles. The van der Waals surface area contributed by atoms with E-state index in [9.17, 15) is 4.79 Å². The van der Waals surface area contributed by atoms with Crippen LogP contribution in [-0.4, -0.2) is 55.2 Å². The van der Waals surface area contributed by atoms with Crippen molar-refractivity contribution in [2.45, 2.75) is 13.0 Å². The summed E-state index contributed by atoms with van der Waals surface area (Å²) in [5.74, 6) is 0.607. The Balaban J connectivity index is 1.41. The number of carbonyl (C=O) groups is 1. The van der Waals surface area contributed by atoms with Gasteiger partial charge in [0.25, 0.3) is 5.91 Å². The molecule has 1 N–H and O–H groups in total. The predicted molar refractivity (Wildman–Crippen MR) is 97.1 cm³/mol. The fourth-order valence-corrected chi connectivity index (χ4v) is 3.17. The zero-order chi connectivity index (χ0) is 17.3. The lowest BCUT2D eigenvalue weighted by atomic mass is 10.2. The van der Waals surface area contributed by atoms with Crippen molar-refractivity contribution in [3.8, 4) is 5.75 Å². The zero-order valence-electron chi connectivity index (χ0n) is 14.1. The molecular weight excluding hydrogens is 338 g/mol. The van der Waals surface area contributed by atoms with Gasteiger partial charge in [-0.2, -0.15) is 0 Å². The van der Waals surface area contributed by atoms with Crippen molar-refractivity contribution in [1.82, 2.24) is 15.2 Å². The number of nitrogens with zero attached hydrogens (tertiary/aromatic N) is 2. The Morgan fingerprint density at radius 2 is 2.24 bits per heavy atom. The van der Waals surface area contributed by atoms with Gasteiger partial charge in [0.05, 0.1) is 24.4 Å². The summed E-state index contributed by atoms with van der Waals surface area (Å²) in [5.41, 5.74) is 3.28. The van der Waals surface area contributed by atoms with Crippen LogP contribution in [0.2, 0.25) is 0 Å². The highest BCUT2D eigenvalue weighted by Gasteiger charge is 2.10. The van der Waals surface area contributed by atoms with Crippen LogP contribution in [-0.2, 0) is 11.3 Å². The van der Waals surface area contributed by atoms with E-state index in [4.69, 9.17) is 9.47 Å². The Morgan fingerprint density at radius 1 is 1.36 bits per heavy atom. The number of morpholine rings is 1.